The van der Waals surface area contributed by atoms with Crippen LogP contribution in [0.15, 0.2) is 35.1 Å². The van der Waals surface area contributed by atoms with E-state index in [0.29, 0.717) is 5.56 Å². The van der Waals surface area contributed by atoms with Gasteiger partial charge in [-0.1, -0.05) is 34.8 Å². The van der Waals surface area contributed by atoms with Crippen LogP contribution in [-0.2, 0) is 17.5 Å². The van der Waals surface area contributed by atoms with Crippen molar-refractivity contribution < 1.29 is 27.8 Å². The topological polar surface area (TPSA) is 99.2 Å². The van der Waals surface area contributed by atoms with Crippen LogP contribution in [0.3, 0.4) is 0 Å². The van der Waals surface area contributed by atoms with E-state index >= 15 is 0 Å². The molecule has 176 valence electrons. The van der Waals surface area contributed by atoms with E-state index in [0.717, 1.165) is 27.6 Å². The van der Waals surface area contributed by atoms with Gasteiger partial charge in [-0.05, 0) is 60.2 Å². The lowest BCUT2D eigenvalue weighted by Crippen LogP contribution is -2.38. The molecule has 0 atom stereocenters. The summed E-state index contributed by atoms with van der Waals surface area (Å²) in [6.07, 6.45) is -4.65. The number of aromatic nitrogens is 4. The number of hydrogen-bond acceptors (Lipinski definition) is 5. The van der Waals surface area contributed by atoms with Crippen LogP contribution in [0, 0.1) is 0 Å². The van der Waals surface area contributed by atoms with E-state index in [1.165, 1.54) is 26.0 Å². The molecule has 3 rings (SSSR count). The van der Waals surface area contributed by atoms with Gasteiger partial charge in [-0.25, -0.2) is 9.59 Å². The molecular formula is C19H14Cl3F3N4O4. The highest BCUT2D eigenvalue weighted by Crippen LogP contribution is 2.37. The highest BCUT2D eigenvalue weighted by atomic mass is 35.5. The molecule has 0 aliphatic carbocycles. The molecule has 0 aliphatic rings. The fourth-order valence-electron chi connectivity index (χ4n) is 2.67. The Kier molecular flexibility index (Phi) is 6.69. The zero-order valence-corrected chi connectivity index (χ0v) is 19.1. The van der Waals surface area contributed by atoms with Gasteiger partial charge in [0.05, 0.1) is 32.9 Å². The van der Waals surface area contributed by atoms with E-state index < -0.39 is 34.0 Å². The maximum Gasteiger partial charge on any atom is 0.417 e. The minimum Gasteiger partial charge on any atom is -0.478 e. The van der Waals surface area contributed by atoms with Crippen molar-refractivity contribution in [3.8, 4) is 11.4 Å². The molecule has 1 heterocycles. The number of halogens is 6. The SMILES string of the molecule is CC(C)(Oc1c(Cl)cc(Cn2nnn(-c3ccc(C(F)(F)F)c(Cl)c3)c2=O)cc1Cl)C(=O)O. The first-order chi connectivity index (χ1) is 15.2. The molecule has 0 unspecified atom stereocenters. The summed E-state index contributed by atoms with van der Waals surface area (Å²) < 4.78 is 45.8. The summed E-state index contributed by atoms with van der Waals surface area (Å²) in [5.41, 5.74) is -3.02. The molecule has 0 aliphatic heterocycles. The van der Waals surface area contributed by atoms with Crippen molar-refractivity contribution in [2.45, 2.75) is 32.2 Å². The molecule has 0 bridgehead atoms. The second-order valence-electron chi connectivity index (χ2n) is 7.30. The van der Waals surface area contributed by atoms with Gasteiger partial charge in [0.1, 0.15) is 0 Å². The first-order valence-corrected chi connectivity index (χ1v) is 10.1. The van der Waals surface area contributed by atoms with Gasteiger partial charge in [0.2, 0.25) is 0 Å². The maximum absolute atomic E-state index is 12.9. The monoisotopic (exact) mass is 524 g/mol. The number of carboxylic acids is 1. The quantitative estimate of drug-likeness (QED) is 0.501. The first-order valence-electron chi connectivity index (χ1n) is 9.01. The minimum absolute atomic E-state index is 0.00165. The number of benzene rings is 2. The van der Waals surface area contributed by atoms with Crippen LogP contribution in [0.25, 0.3) is 5.69 Å². The number of carbonyl (C=O) groups is 1. The van der Waals surface area contributed by atoms with Crippen LogP contribution in [0.1, 0.15) is 25.0 Å². The molecule has 2 aromatic carbocycles. The smallest absolute Gasteiger partial charge is 0.417 e. The number of aliphatic carboxylic acids is 1. The van der Waals surface area contributed by atoms with E-state index in [9.17, 15) is 27.9 Å². The van der Waals surface area contributed by atoms with Crippen LogP contribution in [0.4, 0.5) is 13.2 Å². The minimum atomic E-state index is -4.65. The predicted octanol–water partition coefficient (Wildman–Crippen LogP) is 4.70. The Hall–Kier alpha value is -2.76. The van der Waals surface area contributed by atoms with Crippen LogP contribution in [-0.4, -0.2) is 36.5 Å². The average molecular weight is 526 g/mol. The van der Waals surface area contributed by atoms with Crippen LogP contribution >= 0.6 is 34.8 Å². The zero-order chi connectivity index (χ0) is 24.7. The Bertz CT molecular complexity index is 1270. The number of carboxylic acid groups (broad SMARTS) is 1. The van der Waals surface area contributed by atoms with Crippen molar-refractivity contribution in [1.29, 1.82) is 0 Å². The van der Waals surface area contributed by atoms with Gasteiger partial charge in [-0.3, -0.25) is 0 Å². The van der Waals surface area contributed by atoms with Crippen LogP contribution < -0.4 is 10.4 Å². The highest BCUT2D eigenvalue weighted by molar-refractivity contribution is 6.37. The summed E-state index contributed by atoms with van der Waals surface area (Å²) >= 11 is 18.1. The van der Waals surface area contributed by atoms with Gasteiger partial charge >= 0.3 is 17.8 Å². The summed E-state index contributed by atoms with van der Waals surface area (Å²) in [6.45, 7) is 2.50. The molecule has 14 heteroatoms. The van der Waals surface area contributed by atoms with Crippen molar-refractivity contribution in [3.05, 3.63) is 67.0 Å². The number of hydrogen-bond donors (Lipinski definition) is 1. The Morgan fingerprint density at radius 2 is 1.67 bits per heavy atom. The Morgan fingerprint density at radius 1 is 1.06 bits per heavy atom. The first kappa shape index (κ1) is 24.9. The highest BCUT2D eigenvalue weighted by Gasteiger charge is 2.33. The fraction of sp³-hybridized carbons (Fsp3) is 0.263. The van der Waals surface area contributed by atoms with Gasteiger partial charge in [-0.15, -0.1) is 0 Å². The second-order valence-corrected chi connectivity index (χ2v) is 8.52. The lowest BCUT2D eigenvalue weighted by molar-refractivity contribution is -0.152. The van der Waals surface area contributed by atoms with Crippen LogP contribution in [0.2, 0.25) is 15.1 Å². The Morgan fingerprint density at radius 3 is 2.18 bits per heavy atom. The lowest BCUT2D eigenvalue weighted by atomic mass is 10.1. The van der Waals surface area contributed by atoms with Crippen molar-refractivity contribution in [2.75, 3.05) is 0 Å². The number of alkyl halides is 3. The molecule has 0 spiro atoms. The maximum atomic E-state index is 12.9. The molecule has 0 radical (unpaired) electrons. The van der Waals surface area contributed by atoms with Gasteiger partial charge in [-0.2, -0.15) is 22.5 Å². The average Bonchev–Trinajstić information content (AvgIpc) is 3.04. The van der Waals surface area contributed by atoms with Crippen molar-refractivity contribution in [1.82, 2.24) is 19.8 Å². The number of tetrazole rings is 1. The number of nitrogens with zero attached hydrogens (tertiary/aromatic N) is 4. The lowest BCUT2D eigenvalue weighted by Gasteiger charge is -2.23. The molecule has 0 saturated heterocycles. The molecule has 1 aromatic heterocycles. The van der Waals surface area contributed by atoms with Crippen molar-refractivity contribution >= 4 is 40.8 Å². The van der Waals surface area contributed by atoms with Crippen molar-refractivity contribution in [3.63, 3.8) is 0 Å². The fourth-order valence-corrected chi connectivity index (χ4v) is 3.57. The van der Waals surface area contributed by atoms with Crippen LogP contribution in [0.5, 0.6) is 5.75 Å². The summed E-state index contributed by atoms with van der Waals surface area (Å²) in [5.74, 6) is -1.28. The molecule has 0 amide bonds. The third-order valence-electron chi connectivity index (χ3n) is 4.40. The summed E-state index contributed by atoms with van der Waals surface area (Å²) in [4.78, 5) is 23.9. The largest absolute Gasteiger partial charge is 0.478 e. The molecule has 3 aromatic rings. The van der Waals surface area contributed by atoms with E-state index in [4.69, 9.17) is 39.5 Å². The van der Waals surface area contributed by atoms with E-state index in [2.05, 4.69) is 10.4 Å². The second kappa shape index (κ2) is 8.88. The Labute approximate surface area is 199 Å². The summed E-state index contributed by atoms with van der Waals surface area (Å²) in [5, 5.41) is 16.0. The van der Waals surface area contributed by atoms with Crippen molar-refractivity contribution in [2.24, 2.45) is 0 Å². The predicted molar refractivity (Wildman–Crippen MR) is 114 cm³/mol. The Balaban J connectivity index is 1.89. The van der Waals surface area contributed by atoms with E-state index in [1.807, 2.05) is 0 Å². The van der Waals surface area contributed by atoms with Gasteiger partial charge in [0.15, 0.2) is 11.4 Å². The molecule has 0 saturated carbocycles. The molecular weight excluding hydrogens is 512 g/mol. The zero-order valence-electron chi connectivity index (χ0n) is 16.8. The summed E-state index contributed by atoms with van der Waals surface area (Å²) in [7, 11) is 0. The third-order valence-corrected chi connectivity index (χ3v) is 5.28. The number of rotatable bonds is 6. The molecule has 1 N–H and O–H groups in total. The van der Waals surface area contributed by atoms with E-state index in [-0.39, 0.29) is 28.0 Å². The standard InChI is InChI=1S/C19H14Cl3F3N4O4/c1-18(2,16(30)31)33-15-13(21)5-9(6-14(15)22)8-28-17(32)29(27-26-28)10-3-4-11(12(20)7-10)19(23,24)25/h3-7H,8H2,1-2H3,(H,30,31). The molecule has 33 heavy (non-hydrogen) atoms. The molecule has 8 nitrogen and oxygen atoms in total. The summed E-state index contributed by atoms with van der Waals surface area (Å²) in [6, 6.07) is 5.54. The molecule has 0 fully saturated rings. The van der Waals surface area contributed by atoms with Gasteiger partial charge < -0.3 is 9.84 Å². The van der Waals surface area contributed by atoms with Gasteiger partial charge in [0.25, 0.3) is 0 Å². The van der Waals surface area contributed by atoms with E-state index in [1.54, 1.807) is 0 Å². The third kappa shape index (κ3) is 5.26. The number of ether oxygens (including phenoxy) is 1. The normalized spacial score (nSPS) is 12.1. The van der Waals surface area contributed by atoms with Gasteiger partial charge in [0, 0.05) is 0 Å².